The fourth-order valence-electron chi connectivity index (χ4n) is 2.00. The van der Waals surface area contributed by atoms with Crippen LogP contribution in [0.15, 0.2) is 30.5 Å². The molecule has 0 saturated carbocycles. The van der Waals surface area contributed by atoms with Gasteiger partial charge in [-0.25, -0.2) is 0 Å². The van der Waals surface area contributed by atoms with Crippen molar-refractivity contribution < 1.29 is 14.3 Å². The zero-order chi connectivity index (χ0) is 14.4. The maximum Gasteiger partial charge on any atom is 0.325 e. The van der Waals surface area contributed by atoms with Gasteiger partial charge in [0.1, 0.15) is 12.3 Å². The monoisotopic (exact) mass is 295 g/mol. The minimum Gasteiger partial charge on any atom is -0.494 e. The topological polar surface area (TPSA) is 40.5 Å². The number of hydrogen-bond acceptors (Lipinski definition) is 3. The van der Waals surface area contributed by atoms with Crippen molar-refractivity contribution in [1.29, 1.82) is 0 Å². The summed E-state index contributed by atoms with van der Waals surface area (Å²) < 4.78 is 12.4. The molecule has 1 aromatic carbocycles. The van der Waals surface area contributed by atoms with Gasteiger partial charge in [0.05, 0.1) is 13.2 Å². The molecule has 0 aliphatic heterocycles. The van der Waals surface area contributed by atoms with Crippen molar-refractivity contribution in [1.82, 2.24) is 4.57 Å². The number of halogens is 1. The fraction of sp³-hybridized carbons (Fsp3) is 0.400. The number of carbonyl (C=O) groups is 1. The number of hydrogen-bond donors (Lipinski definition) is 0. The molecule has 0 N–H and O–H groups in total. The number of ether oxygens (including phenoxy) is 2. The zero-order valence-corrected chi connectivity index (χ0v) is 12.2. The summed E-state index contributed by atoms with van der Waals surface area (Å²) in [5.41, 5.74) is 0.989. The first-order valence-corrected chi connectivity index (χ1v) is 7.21. The molecule has 5 heteroatoms. The molecule has 108 valence electrons. The normalized spacial score (nSPS) is 10.7. The number of alkyl halides is 1. The maximum absolute atomic E-state index is 11.5. The molecule has 20 heavy (non-hydrogen) atoms. The van der Waals surface area contributed by atoms with Gasteiger partial charge in [-0.15, -0.1) is 11.6 Å². The second-order valence-corrected chi connectivity index (χ2v) is 4.74. The summed E-state index contributed by atoms with van der Waals surface area (Å²) >= 11 is 5.61. The van der Waals surface area contributed by atoms with Crippen molar-refractivity contribution in [3.05, 3.63) is 30.5 Å². The highest BCUT2D eigenvalue weighted by molar-refractivity contribution is 6.17. The molecule has 0 radical (unpaired) electrons. The Morgan fingerprint density at radius 2 is 2.20 bits per heavy atom. The van der Waals surface area contributed by atoms with Crippen molar-refractivity contribution in [2.24, 2.45) is 0 Å². The number of benzene rings is 1. The van der Waals surface area contributed by atoms with Crippen molar-refractivity contribution in [2.75, 3.05) is 19.1 Å². The van der Waals surface area contributed by atoms with Crippen molar-refractivity contribution in [2.45, 2.75) is 19.9 Å². The van der Waals surface area contributed by atoms with E-state index in [-0.39, 0.29) is 12.5 Å². The highest BCUT2D eigenvalue weighted by Crippen LogP contribution is 2.22. The quantitative estimate of drug-likeness (QED) is 0.447. The second kappa shape index (κ2) is 7.20. The third-order valence-electron chi connectivity index (χ3n) is 2.89. The second-order valence-electron chi connectivity index (χ2n) is 4.36. The van der Waals surface area contributed by atoms with Crippen LogP contribution in [0.25, 0.3) is 10.9 Å². The molecule has 0 fully saturated rings. The van der Waals surface area contributed by atoms with Crippen LogP contribution in [0, 0.1) is 0 Å². The predicted octanol–water partition coefficient (Wildman–Crippen LogP) is 3.21. The summed E-state index contributed by atoms with van der Waals surface area (Å²) in [4.78, 5) is 11.5. The van der Waals surface area contributed by atoms with Gasteiger partial charge in [-0.1, -0.05) is 0 Å². The van der Waals surface area contributed by atoms with Gasteiger partial charge in [0, 0.05) is 23.0 Å². The van der Waals surface area contributed by atoms with Crippen LogP contribution in [-0.4, -0.2) is 29.6 Å². The van der Waals surface area contributed by atoms with E-state index in [0.717, 1.165) is 23.1 Å². The fourth-order valence-corrected chi connectivity index (χ4v) is 2.11. The van der Waals surface area contributed by atoms with Crippen LogP contribution in [0.2, 0.25) is 0 Å². The van der Waals surface area contributed by atoms with Gasteiger partial charge in [-0.05, 0) is 37.6 Å². The first kappa shape index (κ1) is 14.7. The van der Waals surface area contributed by atoms with E-state index in [1.807, 2.05) is 35.0 Å². The number of nitrogens with zero attached hydrogens (tertiary/aromatic N) is 1. The molecule has 1 aromatic heterocycles. The molecule has 0 saturated heterocycles. The minimum atomic E-state index is -0.229. The van der Waals surface area contributed by atoms with Crippen LogP contribution in [0.1, 0.15) is 13.3 Å². The molecule has 0 atom stereocenters. The van der Waals surface area contributed by atoms with Gasteiger partial charge in [0.15, 0.2) is 0 Å². The van der Waals surface area contributed by atoms with Crippen molar-refractivity contribution in [3.63, 3.8) is 0 Å². The van der Waals surface area contributed by atoms with Gasteiger partial charge in [-0.3, -0.25) is 4.79 Å². The van der Waals surface area contributed by atoms with Crippen LogP contribution in [-0.2, 0) is 16.1 Å². The molecular formula is C15H18ClNO3. The Labute approximate surface area is 123 Å². The summed E-state index contributed by atoms with van der Waals surface area (Å²) in [6.45, 7) is 3.04. The molecule has 0 aliphatic carbocycles. The summed E-state index contributed by atoms with van der Waals surface area (Å²) in [7, 11) is 0. The van der Waals surface area contributed by atoms with E-state index in [4.69, 9.17) is 21.1 Å². The molecule has 4 nitrogen and oxygen atoms in total. The van der Waals surface area contributed by atoms with Crippen LogP contribution >= 0.6 is 11.6 Å². The van der Waals surface area contributed by atoms with E-state index in [9.17, 15) is 4.79 Å². The molecule has 0 amide bonds. The minimum absolute atomic E-state index is 0.226. The van der Waals surface area contributed by atoms with E-state index in [1.165, 1.54) is 0 Å². The molecule has 0 aliphatic rings. The summed E-state index contributed by atoms with van der Waals surface area (Å²) in [6.07, 6.45) is 2.70. The van der Waals surface area contributed by atoms with E-state index in [1.54, 1.807) is 6.92 Å². The SMILES string of the molecule is CCOC(=O)Cn1ccc2cc(OCCCCl)ccc21. The predicted molar refractivity (Wildman–Crippen MR) is 79.4 cm³/mol. The molecular weight excluding hydrogens is 278 g/mol. The first-order chi connectivity index (χ1) is 9.74. The first-order valence-electron chi connectivity index (χ1n) is 6.68. The highest BCUT2D eigenvalue weighted by atomic mass is 35.5. The Morgan fingerprint density at radius 3 is 2.95 bits per heavy atom. The lowest BCUT2D eigenvalue weighted by Crippen LogP contribution is -2.12. The smallest absolute Gasteiger partial charge is 0.325 e. The van der Waals surface area contributed by atoms with Gasteiger partial charge in [0.2, 0.25) is 0 Å². The van der Waals surface area contributed by atoms with Crippen LogP contribution in [0.3, 0.4) is 0 Å². The average molecular weight is 296 g/mol. The number of rotatable bonds is 7. The highest BCUT2D eigenvalue weighted by Gasteiger charge is 2.07. The van der Waals surface area contributed by atoms with Gasteiger partial charge < -0.3 is 14.0 Å². The molecule has 0 bridgehead atoms. The Bertz CT molecular complexity index is 580. The van der Waals surface area contributed by atoms with Crippen LogP contribution in [0.4, 0.5) is 0 Å². The lowest BCUT2D eigenvalue weighted by atomic mass is 10.2. The molecule has 1 heterocycles. The van der Waals surface area contributed by atoms with Crippen molar-refractivity contribution >= 4 is 28.5 Å². The standard InChI is InChI=1S/C15H18ClNO3/c1-2-19-15(18)11-17-8-6-12-10-13(4-5-14(12)17)20-9-3-7-16/h4-6,8,10H,2-3,7,9,11H2,1H3. The van der Waals surface area contributed by atoms with Gasteiger partial charge >= 0.3 is 5.97 Å². The van der Waals surface area contributed by atoms with E-state index >= 15 is 0 Å². The van der Waals surface area contributed by atoms with Crippen molar-refractivity contribution in [3.8, 4) is 5.75 Å². The van der Waals surface area contributed by atoms with E-state index in [2.05, 4.69) is 0 Å². The molecule has 0 unspecified atom stereocenters. The lowest BCUT2D eigenvalue weighted by Gasteiger charge is -2.07. The third kappa shape index (κ3) is 3.67. The Balaban J connectivity index is 2.10. The Kier molecular flexibility index (Phi) is 5.30. The lowest BCUT2D eigenvalue weighted by molar-refractivity contribution is -0.143. The summed E-state index contributed by atoms with van der Waals surface area (Å²) in [5, 5.41) is 1.04. The summed E-state index contributed by atoms with van der Waals surface area (Å²) in [5.74, 6) is 1.18. The number of esters is 1. The van der Waals surface area contributed by atoms with E-state index in [0.29, 0.717) is 19.1 Å². The number of carbonyl (C=O) groups excluding carboxylic acids is 1. The molecule has 2 rings (SSSR count). The average Bonchev–Trinajstić information content (AvgIpc) is 2.82. The Hall–Kier alpha value is -1.68. The maximum atomic E-state index is 11.5. The number of aromatic nitrogens is 1. The Morgan fingerprint density at radius 1 is 1.35 bits per heavy atom. The molecule has 0 spiro atoms. The third-order valence-corrected chi connectivity index (χ3v) is 3.16. The van der Waals surface area contributed by atoms with E-state index < -0.39 is 0 Å². The molecule has 2 aromatic rings. The summed E-state index contributed by atoms with van der Waals surface area (Å²) in [6, 6.07) is 7.77. The number of fused-ring (bicyclic) bond motifs is 1. The van der Waals surface area contributed by atoms with Gasteiger partial charge in [-0.2, -0.15) is 0 Å². The largest absolute Gasteiger partial charge is 0.494 e. The zero-order valence-electron chi connectivity index (χ0n) is 11.5. The van der Waals surface area contributed by atoms with Gasteiger partial charge in [0.25, 0.3) is 0 Å². The van der Waals surface area contributed by atoms with Crippen LogP contribution in [0.5, 0.6) is 5.75 Å². The van der Waals surface area contributed by atoms with Crippen LogP contribution < -0.4 is 4.74 Å².